The Kier molecular flexibility index (Phi) is 4.69. The van der Waals surface area contributed by atoms with E-state index < -0.39 is 11.5 Å². The van der Waals surface area contributed by atoms with Gasteiger partial charge in [-0.3, -0.25) is 10.1 Å². The van der Waals surface area contributed by atoms with Crippen LogP contribution in [0.5, 0.6) is 0 Å². The van der Waals surface area contributed by atoms with Crippen LogP contribution in [-0.4, -0.2) is 31.7 Å². The molecule has 0 amide bonds. The highest BCUT2D eigenvalue weighted by atomic mass is 32.1. The molecule has 8 heteroatoms. The molecule has 0 bridgehead atoms. The molecule has 3 atom stereocenters. The van der Waals surface area contributed by atoms with Crippen LogP contribution in [0.3, 0.4) is 0 Å². The molecule has 2 N–H and O–H groups in total. The SMILES string of the molecule is CCc1nc([C@@H]2C[C@@](CC(C)C)(C(=O)O)N[C@H]2c2nccs2)no1. The summed E-state index contributed by atoms with van der Waals surface area (Å²) in [4.78, 5) is 20.9. The summed E-state index contributed by atoms with van der Waals surface area (Å²) >= 11 is 1.51. The van der Waals surface area contributed by atoms with Crippen LogP contribution in [0, 0.1) is 5.92 Å². The molecular formula is C16H22N4O3S. The van der Waals surface area contributed by atoms with E-state index in [0.29, 0.717) is 31.0 Å². The van der Waals surface area contributed by atoms with Crippen LogP contribution in [0.15, 0.2) is 16.1 Å². The number of nitrogens with zero attached hydrogens (tertiary/aromatic N) is 3. The van der Waals surface area contributed by atoms with E-state index in [4.69, 9.17) is 4.52 Å². The molecule has 0 spiro atoms. The summed E-state index contributed by atoms with van der Waals surface area (Å²) in [5.74, 6) is 0.376. The number of carboxylic acid groups (broad SMARTS) is 1. The van der Waals surface area contributed by atoms with E-state index in [2.05, 4.69) is 20.4 Å². The Hall–Kier alpha value is -1.80. The van der Waals surface area contributed by atoms with Gasteiger partial charge in [-0.2, -0.15) is 4.98 Å². The van der Waals surface area contributed by atoms with Crippen LogP contribution in [0.1, 0.15) is 62.3 Å². The second kappa shape index (κ2) is 6.60. The van der Waals surface area contributed by atoms with Gasteiger partial charge >= 0.3 is 5.97 Å². The molecule has 3 rings (SSSR count). The van der Waals surface area contributed by atoms with Crippen LogP contribution >= 0.6 is 11.3 Å². The molecular weight excluding hydrogens is 328 g/mol. The predicted octanol–water partition coefficient (Wildman–Crippen LogP) is 2.78. The molecule has 2 aromatic rings. The zero-order chi connectivity index (χ0) is 17.3. The van der Waals surface area contributed by atoms with E-state index in [9.17, 15) is 9.90 Å². The first kappa shape index (κ1) is 17.0. The van der Waals surface area contributed by atoms with E-state index >= 15 is 0 Å². The second-order valence-corrected chi connectivity index (χ2v) is 7.61. The zero-order valence-electron chi connectivity index (χ0n) is 14.0. The predicted molar refractivity (Wildman–Crippen MR) is 88.8 cm³/mol. The van der Waals surface area contributed by atoms with Crippen LogP contribution in [0.2, 0.25) is 0 Å². The molecule has 0 unspecified atom stereocenters. The molecule has 1 aliphatic rings. The van der Waals surface area contributed by atoms with Crippen molar-refractivity contribution in [2.75, 3.05) is 0 Å². The number of nitrogens with one attached hydrogen (secondary N) is 1. The van der Waals surface area contributed by atoms with Crippen molar-refractivity contribution in [3.8, 4) is 0 Å². The number of thiazole rings is 1. The quantitative estimate of drug-likeness (QED) is 0.826. The number of hydrogen-bond acceptors (Lipinski definition) is 7. The average molecular weight is 350 g/mol. The first-order valence-corrected chi connectivity index (χ1v) is 9.06. The van der Waals surface area contributed by atoms with Gasteiger partial charge in [-0.1, -0.05) is 25.9 Å². The molecule has 0 aromatic carbocycles. The third kappa shape index (κ3) is 3.08. The highest BCUT2D eigenvalue weighted by Gasteiger charge is 2.53. The van der Waals surface area contributed by atoms with Gasteiger partial charge in [0.25, 0.3) is 0 Å². The molecule has 2 aromatic heterocycles. The molecule has 0 saturated carbocycles. The summed E-state index contributed by atoms with van der Waals surface area (Å²) in [6, 6.07) is -0.220. The standard InChI is InChI=1S/C16H22N4O3S/c1-4-11-18-13(20-23-11)10-8-16(15(21)22,7-9(2)3)19-12(10)14-17-5-6-24-14/h5-6,9-10,12,19H,4,7-8H2,1-3H3,(H,21,22)/t10-,12-,16+/m1/s1. The highest BCUT2D eigenvalue weighted by Crippen LogP contribution is 2.46. The third-order valence-electron chi connectivity index (χ3n) is 4.40. The van der Waals surface area contributed by atoms with Crippen molar-refractivity contribution in [3.63, 3.8) is 0 Å². The van der Waals surface area contributed by atoms with Crippen molar-refractivity contribution in [1.82, 2.24) is 20.4 Å². The molecule has 1 fully saturated rings. The smallest absolute Gasteiger partial charge is 0.323 e. The number of rotatable bonds is 6. The minimum atomic E-state index is -0.998. The van der Waals surface area contributed by atoms with Gasteiger partial charge in [0.05, 0.1) is 6.04 Å². The van der Waals surface area contributed by atoms with Crippen molar-refractivity contribution < 1.29 is 14.4 Å². The minimum Gasteiger partial charge on any atom is -0.480 e. The molecule has 3 heterocycles. The molecule has 1 aliphatic heterocycles. The Balaban J connectivity index is 1.99. The number of aromatic nitrogens is 3. The summed E-state index contributed by atoms with van der Waals surface area (Å²) in [6.07, 6.45) is 3.35. The van der Waals surface area contributed by atoms with Gasteiger partial charge in [0.15, 0.2) is 5.82 Å². The number of aliphatic carboxylic acids is 1. The Labute approximate surface area is 144 Å². The van der Waals surface area contributed by atoms with Gasteiger partial charge in [-0.15, -0.1) is 11.3 Å². The van der Waals surface area contributed by atoms with Crippen LogP contribution in [0.4, 0.5) is 0 Å². The lowest BCUT2D eigenvalue weighted by Crippen LogP contribution is -2.49. The maximum Gasteiger partial charge on any atom is 0.323 e. The fourth-order valence-corrected chi connectivity index (χ4v) is 4.20. The molecule has 130 valence electrons. The van der Waals surface area contributed by atoms with Crippen molar-refractivity contribution in [1.29, 1.82) is 0 Å². The number of aryl methyl sites for hydroxylation is 1. The topological polar surface area (TPSA) is 101 Å². The fourth-order valence-electron chi connectivity index (χ4n) is 3.45. The third-order valence-corrected chi connectivity index (χ3v) is 5.26. The lowest BCUT2D eigenvalue weighted by molar-refractivity contribution is -0.145. The largest absolute Gasteiger partial charge is 0.480 e. The van der Waals surface area contributed by atoms with Crippen molar-refractivity contribution in [2.24, 2.45) is 5.92 Å². The van der Waals surface area contributed by atoms with Gasteiger partial charge in [0.1, 0.15) is 10.5 Å². The number of hydrogen-bond donors (Lipinski definition) is 2. The monoisotopic (exact) mass is 350 g/mol. The zero-order valence-corrected chi connectivity index (χ0v) is 14.8. The molecule has 24 heavy (non-hydrogen) atoms. The summed E-state index contributed by atoms with van der Waals surface area (Å²) < 4.78 is 5.25. The van der Waals surface area contributed by atoms with E-state index in [-0.39, 0.29) is 17.9 Å². The van der Waals surface area contributed by atoms with Crippen molar-refractivity contribution >= 4 is 17.3 Å². The van der Waals surface area contributed by atoms with E-state index in [1.165, 1.54) is 11.3 Å². The fraction of sp³-hybridized carbons (Fsp3) is 0.625. The second-order valence-electron chi connectivity index (χ2n) is 6.69. The molecule has 1 saturated heterocycles. The van der Waals surface area contributed by atoms with Crippen molar-refractivity contribution in [3.05, 3.63) is 28.3 Å². The number of carbonyl (C=O) groups is 1. The van der Waals surface area contributed by atoms with E-state index in [0.717, 1.165) is 5.01 Å². The van der Waals surface area contributed by atoms with E-state index in [1.54, 1.807) is 6.20 Å². The molecule has 7 nitrogen and oxygen atoms in total. The Bertz CT molecular complexity index is 700. The molecule has 0 radical (unpaired) electrons. The Morgan fingerprint density at radius 3 is 2.92 bits per heavy atom. The highest BCUT2D eigenvalue weighted by molar-refractivity contribution is 7.09. The van der Waals surface area contributed by atoms with Gasteiger partial charge < -0.3 is 9.63 Å². The minimum absolute atomic E-state index is 0.171. The lowest BCUT2D eigenvalue weighted by atomic mass is 9.84. The van der Waals surface area contributed by atoms with Gasteiger partial charge in [-0.05, 0) is 18.8 Å². The first-order chi connectivity index (χ1) is 11.4. The molecule has 0 aliphatic carbocycles. The normalized spacial score (nSPS) is 27.0. The van der Waals surface area contributed by atoms with Gasteiger partial charge in [-0.25, -0.2) is 4.98 Å². The van der Waals surface area contributed by atoms with Crippen LogP contribution in [-0.2, 0) is 11.2 Å². The summed E-state index contributed by atoms with van der Waals surface area (Å²) in [7, 11) is 0. The summed E-state index contributed by atoms with van der Waals surface area (Å²) in [5, 5.41) is 20.1. The lowest BCUT2D eigenvalue weighted by Gasteiger charge is -2.27. The Morgan fingerprint density at radius 1 is 1.58 bits per heavy atom. The van der Waals surface area contributed by atoms with Gasteiger partial charge in [0.2, 0.25) is 5.89 Å². The maximum atomic E-state index is 12.1. The first-order valence-electron chi connectivity index (χ1n) is 8.18. The number of carboxylic acids is 1. The summed E-state index contributed by atoms with van der Waals surface area (Å²) in [5.41, 5.74) is -0.998. The maximum absolute atomic E-state index is 12.1. The van der Waals surface area contributed by atoms with E-state index in [1.807, 2.05) is 26.2 Å². The van der Waals surface area contributed by atoms with Crippen LogP contribution in [0.25, 0.3) is 0 Å². The van der Waals surface area contributed by atoms with Crippen molar-refractivity contribution in [2.45, 2.75) is 57.5 Å². The van der Waals surface area contributed by atoms with Crippen LogP contribution < -0.4 is 5.32 Å². The summed E-state index contributed by atoms with van der Waals surface area (Å²) in [6.45, 7) is 6.01. The van der Waals surface area contributed by atoms with Gasteiger partial charge in [0, 0.05) is 23.9 Å². The Morgan fingerprint density at radius 2 is 2.38 bits per heavy atom. The average Bonchev–Trinajstić information content (AvgIpc) is 3.25.